The minimum absolute atomic E-state index is 0.124. The molecule has 17 heavy (non-hydrogen) atoms. The van der Waals surface area contributed by atoms with E-state index in [1.807, 2.05) is 6.92 Å². The number of aryl methyl sites for hydroxylation is 2. The van der Waals surface area contributed by atoms with Crippen molar-refractivity contribution in [2.75, 3.05) is 0 Å². The highest BCUT2D eigenvalue weighted by Crippen LogP contribution is 2.22. The van der Waals surface area contributed by atoms with Crippen LogP contribution < -0.4 is 5.73 Å². The number of hydrogen-bond donors (Lipinski definition) is 1. The molecule has 0 aliphatic rings. The molecule has 0 aliphatic carbocycles. The fraction of sp³-hybridized carbons (Fsp3) is 0.308. The number of halogens is 1. The first-order valence-electron chi connectivity index (χ1n) is 5.50. The minimum atomic E-state index is -0.234. The predicted octanol–water partition coefficient (Wildman–Crippen LogP) is 3.14. The van der Waals surface area contributed by atoms with E-state index in [1.165, 1.54) is 17.0 Å². The second kappa shape index (κ2) is 4.94. The SMILES string of the molecule is Cc1nc(CC(N)c2ccc(F)cc2)sc1C. The van der Waals surface area contributed by atoms with Crippen molar-refractivity contribution in [2.24, 2.45) is 5.73 Å². The van der Waals surface area contributed by atoms with Crippen LogP contribution in [0.5, 0.6) is 0 Å². The third-order valence-corrected chi connectivity index (χ3v) is 3.86. The molecule has 0 fully saturated rings. The Morgan fingerprint density at radius 2 is 1.94 bits per heavy atom. The lowest BCUT2D eigenvalue weighted by Gasteiger charge is -2.09. The number of nitrogens with two attached hydrogens (primary N) is 1. The van der Waals surface area contributed by atoms with Gasteiger partial charge in [-0.15, -0.1) is 11.3 Å². The Kier molecular flexibility index (Phi) is 3.54. The van der Waals surface area contributed by atoms with Gasteiger partial charge in [0.2, 0.25) is 0 Å². The first-order chi connectivity index (χ1) is 8.06. The summed E-state index contributed by atoms with van der Waals surface area (Å²) in [5.74, 6) is -0.234. The molecular weight excluding hydrogens is 235 g/mol. The summed E-state index contributed by atoms with van der Waals surface area (Å²) in [6, 6.07) is 6.21. The van der Waals surface area contributed by atoms with Gasteiger partial charge in [0.05, 0.1) is 10.7 Å². The van der Waals surface area contributed by atoms with Crippen molar-refractivity contribution in [3.8, 4) is 0 Å². The molecule has 90 valence electrons. The van der Waals surface area contributed by atoms with Crippen LogP contribution in [-0.2, 0) is 6.42 Å². The molecule has 1 heterocycles. The van der Waals surface area contributed by atoms with E-state index in [4.69, 9.17) is 5.73 Å². The van der Waals surface area contributed by atoms with E-state index in [0.717, 1.165) is 16.3 Å². The van der Waals surface area contributed by atoms with Crippen molar-refractivity contribution in [3.63, 3.8) is 0 Å². The Balaban J connectivity index is 2.11. The molecule has 0 amide bonds. The second-order valence-electron chi connectivity index (χ2n) is 4.11. The summed E-state index contributed by atoms with van der Waals surface area (Å²) >= 11 is 1.68. The van der Waals surface area contributed by atoms with E-state index >= 15 is 0 Å². The van der Waals surface area contributed by atoms with Crippen molar-refractivity contribution < 1.29 is 4.39 Å². The number of thiazole rings is 1. The summed E-state index contributed by atoms with van der Waals surface area (Å²) in [5, 5.41) is 1.04. The number of benzene rings is 1. The maximum atomic E-state index is 12.8. The molecule has 0 aliphatic heterocycles. The first kappa shape index (κ1) is 12.2. The highest BCUT2D eigenvalue weighted by atomic mass is 32.1. The third kappa shape index (κ3) is 2.90. The van der Waals surface area contributed by atoms with Gasteiger partial charge in [0, 0.05) is 17.3 Å². The van der Waals surface area contributed by atoms with E-state index < -0.39 is 0 Å². The molecule has 0 saturated heterocycles. The predicted molar refractivity (Wildman–Crippen MR) is 68.6 cm³/mol. The Hall–Kier alpha value is -1.26. The van der Waals surface area contributed by atoms with Crippen LogP contribution in [0.25, 0.3) is 0 Å². The molecule has 1 unspecified atom stereocenters. The molecule has 2 nitrogen and oxygen atoms in total. The van der Waals surface area contributed by atoms with Crippen LogP contribution in [0, 0.1) is 19.7 Å². The Bertz CT molecular complexity index is 485. The van der Waals surface area contributed by atoms with Gasteiger partial charge >= 0.3 is 0 Å². The summed E-state index contributed by atoms with van der Waals surface area (Å²) in [6.45, 7) is 4.05. The Morgan fingerprint density at radius 3 is 2.47 bits per heavy atom. The van der Waals surface area contributed by atoms with Crippen LogP contribution in [0.1, 0.15) is 27.2 Å². The molecule has 0 spiro atoms. The van der Waals surface area contributed by atoms with Crippen LogP contribution >= 0.6 is 11.3 Å². The zero-order valence-corrected chi connectivity index (χ0v) is 10.7. The summed E-state index contributed by atoms with van der Waals surface area (Å²) < 4.78 is 12.8. The first-order valence-corrected chi connectivity index (χ1v) is 6.32. The Labute approximate surface area is 104 Å². The summed E-state index contributed by atoms with van der Waals surface area (Å²) in [7, 11) is 0. The molecule has 0 bridgehead atoms. The maximum absolute atomic E-state index is 12.8. The van der Waals surface area contributed by atoms with Gasteiger partial charge in [-0.25, -0.2) is 9.37 Å². The molecule has 2 rings (SSSR count). The van der Waals surface area contributed by atoms with Gasteiger partial charge in [0.25, 0.3) is 0 Å². The lowest BCUT2D eigenvalue weighted by atomic mass is 10.1. The number of hydrogen-bond acceptors (Lipinski definition) is 3. The largest absolute Gasteiger partial charge is 0.324 e. The van der Waals surface area contributed by atoms with Crippen LogP contribution in [0.2, 0.25) is 0 Å². The molecule has 1 atom stereocenters. The highest BCUT2D eigenvalue weighted by Gasteiger charge is 2.11. The second-order valence-corrected chi connectivity index (χ2v) is 5.40. The number of rotatable bonds is 3. The fourth-order valence-electron chi connectivity index (χ4n) is 1.64. The van der Waals surface area contributed by atoms with Gasteiger partial charge in [0.15, 0.2) is 0 Å². The molecule has 2 aromatic rings. The Morgan fingerprint density at radius 1 is 1.29 bits per heavy atom. The van der Waals surface area contributed by atoms with E-state index in [1.54, 1.807) is 23.5 Å². The monoisotopic (exact) mass is 250 g/mol. The lowest BCUT2D eigenvalue weighted by Crippen LogP contribution is -2.13. The van der Waals surface area contributed by atoms with Crippen molar-refractivity contribution in [3.05, 3.63) is 51.2 Å². The molecule has 4 heteroatoms. The van der Waals surface area contributed by atoms with Crippen LogP contribution in [-0.4, -0.2) is 4.98 Å². The maximum Gasteiger partial charge on any atom is 0.123 e. The quantitative estimate of drug-likeness (QED) is 0.909. The van der Waals surface area contributed by atoms with Gasteiger partial charge in [-0.05, 0) is 31.5 Å². The number of nitrogens with zero attached hydrogens (tertiary/aromatic N) is 1. The third-order valence-electron chi connectivity index (χ3n) is 2.77. The van der Waals surface area contributed by atoms with Gasteiger partial charge in [-0.2, -0.15) is 0 Å². The zero-order chi connectivity index (χ0) is 12.4. The fourth-order valence-corrected chi connectivity index (χ4v) is 2.63. The number of aromatic nitrogens is 1. The van der Waals surface area contributed by atoms with Crippen LogP contribution in [0.4, 0.5) is 4.39 Å². The van der Waals surface area contributed by atoms with Crippen LogP contribution in [0.3, 0.4) is 0 Å². The van der Waals surface area contributed by atoms with Crippen molar-refractivity contribution in [1.29, 1.82) is 0 Å². The van der Waals surface area contributed by atoms with E-state index in [-0.39, 0.29) is 11.9 Å². The average molecular weight is 250 g/mol. The molecule has 1 aromatic heterocycles. The van der Waals surface area contributed by atoms with Crippen LogP contribution in [0.15, 0.2) is 24.3 Å². The van der Waals surface area contributed by atoms with Crippen molar-refractivity contribution in [1.82, 2.24) is 4.98 Å². The van der Waals surface area contributed by atoms with E-state index in [2.05, 4.69) is 11.9 Å². The van der Waals surface area contributed by atoms with Gasteiger partial charge in [-0.3, -0.25) is 0 Å². The molecule has 0 saturated carbocycles. The summed E-state index contributed by atoms with van der Waals surface area (Å²) in [6.07, 6.45) is 0.699. The van der Waals surface area contributed by atoms with Gasteiger partial charge in [-0.1, -0.05) is 12.1 Å². The van der Waals surface area contributed by atoms with E-state index in [0.29, 0.717) is 6.42 Å². The van der Waals surface area contributed by atoms with Crippen molar-refractivity contribution >= 4 is 11.3 Å². The normalized spacial score (nSPS) is 12.7. The van der Waals surface area contributed by atoms with Gasteiger partial charge in [0.1, 0.15) is 5.82 Å². The summed E-state index contributed by atoms with van der Waals surface area (Å²) in [4.78, 5) is 5.69. The van der Waals surface area contributed by atoms with E-state index in [9.17, 15) is 4.39 Å². The smallest absolute Gasteiger partial charge is 0.123 e. The molecule has 1 aromatic carbocycles. The topological polar surface area (TPSA) is 38.9 Å². The van der Waals surface area contributed by atoms with Gasteiger partial charge < -0.3 is 5.73 Å². The molecule has 2 N–H and O–H groups in total. The standard InChI is InChI=1S/C13H15FN2S/c1-8-9(2)17-13(16-8)7-12(15)10-3-5-11(14)6-4-10/h3-6,12H,7,15H2,1-2H3. The zero-order valence-electron chi connectivity index (χ0n) is 9.90. The lowest BCUT2D eigenvalue weighted by molar-refractivity contribution is 0.624. The minimum Gasteiger partial charge on any atom is -0.324 e. The molecular formula is C13H15FN2S. The van der Waals surface area contributed by atoms with Crippen molar-refractivity contribution in [2.45, 2.75) is 26.3 Å². The summed E-state index contributed by atoms with van der Waals surface area (Å²) in [5.41, 5.74) is 8.09. The molecule has 0 radical (unpaired) electrons. The average Bonchev–Trinajstić information content (AvgIpc) is 2.58. The highest BCUT2D eigenvalue weighted by molar-refractivity contribution is 7.11.